The number of hydrogen-bond acceptors (Lipinski definition) is 5. The van der Waals surface area contributed by atoms with Gasteiger partial charge in [-0.15, -0.1) is 11.3 Å². The van der Waals surface area contributed by atoms with Crippen LogP contribution in [0.1, 0.15) is 28.3 Å². The van der Waals surface area contributed by atoms with E-state index < -0.39 is 0 Å². The average molecular weight is 346 g/mol. The molecule has 2 aromatic rings. The molecule has 1 saturated heterocycles. The number of carbonyl (C=O) groups is 1. The van der Waals surface area contributed by atoms with Crippen LogP contribution in [-0.2, 0) is 11.3 Å². The highest BCUT2D eigenvalue weighted by Gasteiger charge is 2.42. The lowest BCUT2D eigenvalue weighted by Crippen LogP contribution is -2.50. The van der Waals surface area contributed by atoms with Crippen molar-refractivity contribution in [3.05, 3.63) is 46.5 Å². The molecule has 128 valence electrons. The van der Waals surface area contributed by atoms with E-state index in [0.29, 0.717) is 24.3 Å². The summed E-state index contributed by atoms with van der Waals surface area (Å²) in [6, 6.07) is 8.19. The number of amides is 1. The third-order valence-electron chi connectivity index (χ3n) is 5.04. The minimum absolute atomic E-state index is 0.144. The summed E-state index contributed by atoms with van der Waals surface area (Å²) in [5, 5.41) is 5.13. The fourth-order valence-corrected chi connectivity index (χ4v) is 4.60. The summed E-state index contributed by atoms with van der Waals surface area (Å²) >= 11 is 1.81. The molecule has 1 saturated carbocycles. The molecule has 1 aliphatic carbocycles. The fourth-order valence-electron chi connectivity index (χ4n) is 3.87. The van der Waals surface area contributed by atoms with Crippen molar-refractivity contribution in [2.45, 2.75) is 31.5 Å². The summed E-state index contributed by atoms with van der Waals surface area (Å²) in [5.41, 5.74) is 0. The van der Waals surface area contributed by atoms with Gasteiger partial charge in [-0.05, 0) is 36.4 Å². The summed E-state index contributed by atoms with van der Waals surface area (Å²) < 4.78 is 11.2. The minimum atomic E-state index is -0.144. The van der Waals surface area contributed by atoms with Gasteiger partial charge in [0.25, 0.3) is 5.91 Å². The summed E-state index contributed by atoms with van der Waals surface area (Å²) in [5.74, 6) is 0.600. The van der Waals surface area contributed by atoms with Crippen LogP contribution in [0.3, 0.4) is 0 Å². The van der Waals surface area contributed by atoms with Crippen LogP contribution in [0.4, 0.5) is 0 Å². The van der Waals surface area contributed by atoms with E-state index in [0.717, 1.165) is 32.5 Å². The third kappa shape index (κ3) is 3.27. The Labute approximate surface area is 145 Å². The number of nitrogens with one attached hydrogen (secondary N) is 1. The molecule has 0 spiro atoms. The summed E-state index contributed by atoms with van der Waals surface area (Å²) in [4.78, 5) is 16.0. The smallest absolute Gasteiger partial charge is 0.286 e. The van der Waals surface area contributed by atoms with Crippen LogP contribution in [0.5, 0.6) is 0 Å². The van der Waals surface area contributed by atoms with Gasteiger partial charge in [-0.1, -0.05) is 6.07 Å². The number of furan rings is 1. The molecule has 0 bridgehead atoms. The van der Waals surface area contributed by atoms with E-state index in [1.54, 1.807) is 12.1 Å². The van der Waals surface area contributed by atoms with Crippen molar-refractivity contribution in [2.75, 3.05) is 19.7 Å². The zero-order chi connectivity index (χ0) is 16.4. The topological polar surface area (TPSA) is 54.7 Å². The SMILES string of the molecule is O=C(NC[C@H]1CC[C@@H]2[C@@H]1OCCN2Cc1cccs1)c1ccco1. The maximum atomic E-state index is 12.0. The third-order valence-corrected chi connectivity index (χ3v) is 5.90. The molecule has 2 fully saturated rings. The van der Waals surface area contributed by atoms with Gasteiger partial charge in [-0.25, -0.2) is 0 Å². The first-order chi connectivity index (χ1) is 11.8. The second-order valence-electron chi connectivity index (χ2n) is 6.48. The Kier molecular flexibility index (Phi) is 4.69. The van der Waals surface area contributed by atoms with Crippen LogP contribution in [0.15, 0.2) is 40.3 Å². The molecule has 0 radical (unpaired) electrons. The molecule has 0 aromatic carbocycles. The molecular weight excluding hydrogens is 324 g/mol. The zero-order valence-electron chi connectivity index (χ0n) is 13.5. The lowest BCUT2D eigenvalue weighted by molar-refractivity contribution is -0.0754. The zero-order valence-corrected chi connectivity index (χ0v) is 14.3. The van der Waals surface area contributed by atoms with Crippen molar-refractivity contribution in [1.82, 2.24) is 10.2 Å². The van der Waals surface area contributed by atoms with Crippen molar-refractivity contribution in [2.24, 2.45) is 5.92 Å². The van der Waals surface area contributed by atoms with Crippen LogP contribution in [0.2, 0.25) is 0 Å². The number of fused-ring (bicyclic) bond motifs is 1. The average Bonchev–Trinajstić information content (AvgIpc) is 3.34. The van der Waals surface area contributed by atoms with Gasteiger partial charge in [0.1, 0.15) is 0 Å². The van der Waals surface area contributed by atoms with Gasteiger partial charge >= 0.3 is 0 Å². The van der Waals surface area contributed by atoms with E-state index in [1.807, 2.05) is 11.3 Å². The molecule has 3 heterocycles. The van der Waals surface area contributed by atoms with Gasteiger partial charge in [0.2, 0.25) is 0 Å². The van der Waals surface area contributed by atoms with Gasteiger partial charge in [0.05, 0.1) is 19.0 Å². The Hall–Kier alpha value is -1.63. The van der Waals surface area contributed by atoms with E-state index in [9.17, 15) is 4.79 Å². The Bertz CT molecular complexity index is 656. The Balaban J connectivity index is 1.35. The molecule has 1 N–H and O–H groups in total. The quantitative estimate of drug-likeness (QED) is 0.904. The first-order valence-corrected chi connectivity index (χ1v) is 9.39. The molecule has 3 atom stereocenters. The van der Waals surface area contributed by atoms with Crippen LogP contribution >= 0.6 is 11.3 Å². The summed E-state index contributed by atoms with van der Waals surface area (Å²) in [6.07, 6.45) is 3.97. The number of hydrogen-bond donors (Lipinski definition) is 1. The molecule has 6 heteroatoms. The Morgan fingerprint density at radius 3 is 3.08 bits per heavy atom. The summed E-state index contributed by atoms with van der Waals surface area (Å²) in [6.45, 7) is 3.42. The monoisotopic (exact) mass is 346 g/mol. The second kappa shape index (κ2) is 7.09. The molecule has 2 aliphatic rings. The van der Waals surface area contributed by atoms with E-state index in [1.165, 1.54) is 11.1 Å². The summed E-state index contributed by atoms with van der Waals surface area (Å²) in [7, 11) is 0. The molecule has 2 aromatic heterocycles. The number of ether oxygens (including phenoxy) is 1. The van der Waals surface area contributed by atoms with Crippen molar-refractivity contribution in [1.29, 1.82) is 0 Å². The van der Waals surface area contributed by atoms with Gasteiger partial charge in [0, 0.05) is 36.5 Å². The predicted molar refractivity (Wildman–Crippen MR) is 92.0 cm³/mol. The van der Waals surface area contributed by atoms with Crippen molar-refractivity contribution < 1.29 is 13.9 Å². The van der Waals surface area contributed by atoms with E-state index >= 15 is 0 Å². The number of nitrogens with zero attached hydrogens (tertiary/aromatic N) is 1. The molecule has 4 rings (SSSR count). The molecule has 24 heavy (non-hydrogen) atoms. The number of thiophene rings is 1. The Morgan fingerprint density at radius 2 is 2.29 bits per heavy atom. The molecule has 1 aliphatic heterocycles. The predicted octanol–water partition coefficient (Wildman–Crippen LogP) is 2.75. The maximum absolute atomic E-state index is 12.0. The number of rotatable bonds is 5. The van der Waals surface area contributed by atoms with Crippen molar-refractivity contribution in [3.63, 3.8) is 0 Å². The molecule has 1 amide bonds. The van der Waals surface area contributed by atoms with Gasteiger partial charge in [0.15, 0.2) is 5.76 Å². The van der Waals surface area contributed by atoms with Gasteiger partial charge in [-0.3, -0.25) is 9.69 Å². The molecular formula is C18H22N2O3S. The normalized spacial score (nSPS) is 27.1. The van der Waals surface area contributed by atoms with E-state index in [2.05, 4.69) is 27.7 Å². The van der Waals surface area contributed by atoms with Crippen molar-refractivity contribution in [3.8, 4) is 0 Å². The first-order valence-electron chi connectivity index (χ1n) is 8.51. The maximum Gasteiger partial charge on any atom is 0.286 e. The standard InChI is InChI=1S/C18H22N2O3S/c21-18(16-4-1-8-22-16)19-11-13-5-6-15-17(13)23-9-7-20(15)12-14-3-2-10-24-14/h1-4,8,10,13,15,17H,5-7,9,11-12H2,(H,19,21)/t13-,15-,17-/m1/s1. The van der Waals surface area contributed by atoms with Crippen LogP contribution in [0.25, 0.3) is 0 Å². The lowest BCUT2D eigenvalue weighted by atomic mass is 10.0. The van der Waals surface area contributed by atoms with E-state index in [4.69, 9.17) is 9.15 Å². The number of carbonyl (C=O) groups excluding carboxylic acids is 1. The van der Waals surface area contributed by atoms with E-state index in [-0.39, 0.29) is 12.0 Å². The second-order valence-corrected chi connectivity index (χ2v) is 7.51. The Morgan fingerprint density at radius 1 is 1.33 bits per heavy atom. The largest absolute Gasteiger partial charge is 0.459 e. The van der Waals surface area contributed by atoms with Crippen LogP contribution in [0, 0.1) is 5.92 Å². The van der Waals surface area contributed by atoms with Crippen molar-refractivity contribution >= 4 is 17.2 Å². The van der Waals surface area contributed by atoms with Gasteiger partial charge in [-0.2, -0.15) is 0 Å². The fraction of sp³-hybridized carbons (Fsp3) is 0.500. The highest BCUT2D eigenvalue weighted by molar-refractivity contribution is 7.09. The highest BCUT2D eigenvalue weighted by Crippen LogP contribution is 2.35. The van der Waals surface area contributed by atoms with Crippen LogP contribution in [-0.4, -0.2) is 42.6 Å². The number of morpholine rings is 1. The first kappa shape index (κ1) is 15.9. The lowest BCUT2D eigenvalue weighted by Gasteiger charge is -2.39. The molecule has 5 nitrogen and oxygen atoms in total. The highest BCUT2D eigenvalue weighted by atomic mass is 32.1. The minimum Gasteiger partial charge on any atom is -0.459 e. The molecule has 0 unspecified atom stereocenters. The van der Waals surface area contributed by atoms with Crippen LogP contribution < -0.4 is 5.32 Å². The van der Waals surface area contributed by atoms with Gasteiger partial charge < -0.3 is 14.5 Å².